The van der Waals surface area contributed by atoms with E-state index in [1.165, 1.54) is 18.2 Å². The largest absolute Gasteiger partial charge is 0.492 e. The zero-order valence-electron chi connectivity index (χ0n) is 11.4. The van der Waals surface area contributed by atoms with Gasteiger partial charge in [-0.2, -0.15) is 0 Å². The molecule has 0 amide bonds. The van der Waals surface area contributed by atoms with E-state index in [0.29, 0.717) is 6.42 Å². The number of halogens is 2. The van der Waals surface area contributed by atoms with Crippen molar-refractivity contribution >= 4 is 26.0 Å². The summed E-state index contributed by atoms with van der Waals surface area (Å²) in [5, 5.41) is 0. The third-order valence-electron chi connectivity index (χ3n) is 3.38. The van der Waals surface area contributed by atoms with E-state index in [9.17, 15) is 12.8 Å². The smallest absolute Gasteiger partial charge is 0.243 e. The number of hydrogen-bond donors (Lipinski definition) is 1. The quantitative estimate of drug-likeness (QED) is 0.883. The van der Waals surface area contributed by atoms with Gasteiger partial charge in [0, 0.05) is 4.47 Å². The lowest BCUT2D eigenvalue weighted by atomic mass is 10.0. The standard InChI is InChI=1S/C15H13BrFNO3S/c16-11-5-6-14-10(7-11)8-12(9-21-14)18-22(19,20)15-4-2-1-3-13(15)17/h1-7,12,18H,8-9H2/t12-/m0/s1. The fourth-order valence-electron chi connectivity index (χ4n) is 2.38. The highest BCUT2D eigenvalue weighted by molar-refractivity contribution is 9.10. The SMILES string of the molecule is O=S(=O)(N[C@@H]1COc2ccc(Br)cc2C1)c1ccccc1F. The van der Waals surface area contributed by atoms with Crippen molar-refractivity contribution in [2.75, 3.05) is 6.61 Å². The van der Waals surface area contributed by atoms with Crippen molar-refractivity contribution in [3.8, 4) is 5.75 Å². The number of ether oxygens (including phenoxy) is 1. The number of hydrogen-bond acceptors (Lipinski definition) is 3. The van der Waals surface area contributed by atoms with Crippen LogP contribution in [0.1, 0.15) is 5.56 Å². The topological polar surface area (TPSA) is 55.4 Å². The minimum absolute atomic E-state index is 0.211. The van der Waals surface area contributed by atoms with Crippen LogP contribution in [0.3, 0.4) is 0 Å². The summed E-state index contributed by atoms with van der Waals surface area (Å²) in [6, 6.07) is 10.5. The van der Waals surface area contributed by atoms with Crippen molar-refractivity contribution in [2.45, 2.75) is 17.4 Å². The van der Waals surface area contributed by atoms with Crippen LogP contribution in [-0.4, -0.2) is 21.1 Å². The summed E-state index contributed by atoms with van der Waals surface area (Å²) < 4.78 is 47.2. The van der Waals surface area contributed by atoms with Gasteiger partial charge >= 0.3 is 0 Å². The molecule has 3 rings (SSSR count). The monoisotopic (exact) mass is 385 g/mol. The van der Waals surface area contributed by atoms with Gasteiger partial charge in [0.05, 0.1) is 6.04 Å². The van der Waals surface area contributed by atoms with Gasteiger partial charge in [0.15, 0.2) is 0 Å². The predicted octanol–water partition coefficient (Wildman–Crippen LogP) is 2.87. The molecule has 0 saturated carbocycles. The molecule has 0 spiro atoms. The minimum atomic E-state index is -3.92. The van der Waals surface area contributed by atoms with Crippen molar-refractivity contribution < 1.29 is 17.5 Å². The van der Waals surface area contributed by atoms with Crippen molar-refractivity contribution in [2.24, 2.45) is 0 Å². The molecule has 7 heteroatoms. The lowest BCUT2D eigenvalue weighted by Gasteiger charge is -2.26. The van der Waals surface area contributed by atoms with E-state index in [4.69, 9.17) is 4.74 Å². The second-order valence-electron chi connectivity index (χ2n) is 5.02. The summed E-state index contributed by atoms with van der Waals surface area (Å²) in [5.74, 6) is -0.0283. The molecule has 1 aliphatic heterocycles. The second kappa shape index (κ2) is 5.98. The molecular weight excluding hydrogens is 373 g/mol. The molecule has 0 fully saturated rings. The Morgan fingerprint density at radius 1 is 1.23 bits per heavy atom. The summed E-state index contributed by atoms with van der Waals surface area (Å²) in [5.41, 5.74) is 0.904. The van der Waals surface area contributed by atoms with Crippen LogP contribution in [0.5, 0.6) is 5.75 Å². The molecule has 0 unspecified atom stereocenters. The molecule has 1 aliphatic rings. The average Bonchev–Trinajstić information content (AvgIpc) is 2.46. The molecule has 1 heterocycles. The van der Waals surface area contributed by atoms with Gasteiger partial charge in [-0.3, -0.25) is 0 Å². The zero-order chi connectivity index (χ0) is 15.7. The van der Waals surface area contributed by atoms with Gasteiger partial charge in [0.1, 0.15) is 23.1 Å². The van der Waals surface area contributed by atoms with E-state index in [1.54, 1.807) is 0 Å². The maximum Gasteiger partial charge on any atom is 0.243 e. The van der Waals surface area contributed by atoms with Crippen molar-refractivity contribution in [1.29, 1.82) is 0 Å². The van der Waals surface area contributed by atoms with E-state index in [0.717, 1.165) is 21.9 Å². The Balaban J connectivity index is 1.81. The third kappa shape index (κ3) is 3.16. The molecule has 0 aromatic heterocycles. The molecule has 22 heavy (non-hydrogen) atoms. The minimum Gasteiger partial charge on any atom is -0.492 e. The first kappa shape index (κ1) is 15.5. The van der Waals surface area contributed by atoms with Gasteiger partial charge < -0.3 is 4.74 Å². The highest BCUT2D eigenvalue weighted by Gasteiger charge is 2.27. The molecule has 1 N–H and O–H groups in total. The van der Waals surface area contributed by atoms with Gasteiger partial charge in [-0.1, -0.05) is 28.1 Å². The number of sulfonamides is 1. The molecule has 0 bridgehead atoms. The third-order valence-corrected chi connectivity index (χ3v) is 5.42. The zero-order valence-corrected chi connectivity index (χ0v) is 13.8. The van der Waals surface area contributed by atoms with E-state index >= 15 is 0 Å². The Morgan fingerprint density at radius 3 is 2.77 bits per heavy atom. The average molecular weight is 386 g/mol. The fraction of sp³-hybridized carbons (Fsp3) is 0.200. The van der Waals surface area contributed by atoms with Crippen LogP contribution >= 0.6 is 15.9 Å². The second-order valence-corrected chi connectivity index (χ2v) is 7.61. The van der Waals surface area contributed by atoms with Crippen LogP contribution in [0, 0.1) is 5.82 Å². The Labute approximate surface area is 136 Å². The van der Waals surface area contributed by atoms with Crippen LogP contribution in [0.25, 0.3) is 0 Å². The number of benzene rings is 2. The van der Waals surface area contributed by atoms with Gasteiger partial charge in [0.25, 0.3) is 0 Å². The summed E-state index contributed by atoms with van der Waals surface area (Å²) >= 11 is 3.37. The molecule has 0 aliphatic carbocycles. The molecule has 0 radical (unpaired) electrons. The first-order valence-corrected chi connectivity index (χ1v) is 8.91. The van der Waals surface area contributed by atoms with Crippen molar-refractivity contribution in [1.82, 2.24) is 4.72 Å². The van der Waals surface area contributed by atoms with Gasteiger partial charge in [0.2, 0.25) is 10.0 Å². The Hall–Kier alpha value is -1.44. The first-order chi connectivity index (χ1) is 10.5. The van der Waals surface area contributed by atoms with E-state index in [-0.39, 0.29) is 11.5 Å². The molecule has 116 valence electrons. The molecule has 2 aromatic carbocycles. The Morgan fingerprint density at radius 2 is 2.00 bits per heavy atom. The maximum absolute atomic E-state index is 13.7. The van der Waals surface area contributed by atoms with Crippen LogP contribution in [-0.2, 0) is 16.4 Å². The summed E-state index contributed by atoms with van der Waals surface area (Å²) in [7, 11) is -3.92. The predicted molar refractivity (Wildman–Crippen MR) is 83.9 cm³/mol. The Kier molecular flexibility index (Phi) is 4.20. The van der Waals surface area contributed by atoms with Crippen LogP contribution in [0.15, 0.2) is 51.8 Å². The first-order valence-electron chi connectivity index (χ1n) is 6.64. The molecule has 4 nitrogen and oxygen atoms in total. The summed E-state index contributed by atoms with van der Waals surface area (Å²) in [6.07, 6.45) is 0.489. The maximum atomic E-state index is 13.7. The highest BCUT2D eigenvalue weighted by atomic mass is 79.9. The van der Waals surface area contributed by atoms with E-state index < -0.39 is 21.9 Å². The van der Waals surface area contributed by atoms with E-state index in [1.807, 2.05) is 18.2 Å². The van der Waals surface area contributed by atoms with Crippen molar-refractivity contribution in [3.05, 3.63) is 58.3 Å². The van der Waals surface area contributed by atoms with E-state index in [2.05, 4.69) is 20.7 Å². The summed E-state index contributed by atoms with van der Waals surface area (Å²) in [4.78, 5) is -0.352. The Bertz CT molecular complexity index is 810. The lowest BCUT2D eigenvalue weighted by molar-refractivity contribution is 0.254. The lowest BCUT2D eigenvalue weighted by Crippen LogP contribution is -2.42. The number of nitrogens with one attached hydrogen (secondary N) is 1. The van der Waals surface area contributed by atoms with Crippen LogP contribution in [0.2, 0.25) is 0 Å². The number of fused-ring (bicyclic) bond motifs is 1. The van der Waals surface area contributed by atoms with Crippen LogP contribution < -0.4 is 9.46 Å². The summed E-state index contributed by atoms with van der Waals surface area (Å²) in [6.45, 7) is 0.211. The highest BCUT2D eigenvalue weighted by Crippen LogP contribution is 2.28. The van der Waals surface area contributed by atoms with Gasteiger partial charge in [-0.15, -0.1) is 0 Å². The normalized spacial score (nSPS) is 17.6. The van der Waals surface area contributed by atoms with Crippen molar-refractivity contribution in [3.63, 3.8) is 0 Å². The number of rotatable bonds is 3. The van der Waals surface area contributed by atoms with Crippen LogP contribution in [0.4, 0.5) is 4.39 Å². The molecule has 2 aromatic rings. The molecular formula is C15H13BrFNO3S. The fourth-order valence-corrected chi connectivity index (χ4v) is 4.09. The molecule has 1 atom stereocenters. The van der Waals surface area contributed by atoms with Gasteiger partial charge in [-0.05, 0) is 42.3 Å². The van der Waals surface area contributed by atoms with Gasteiger partial charge in [-0.25, -0.2) is 17.5 Å². The molecule has 0 saturated heterocycles.